The summed E-state index contributed by atoms with van der Waals surface area (Å²) in [6.07, 6.45) is 0.982. The maximum atomic E-state index is 5.26. The summed E-state index contributed by atoms with van der Waals surface area (Å²) in [4.78, 5) is 4.78. The minimum Gasteiger partial charge on any atom is -0.497 e. The molecule has 7 nitrogen and oxygen atoms in total. The van der Waals surface area contributed by atoms with Gasteiger partial charge in [-0.25, -0.2) is 4.99 Å². The van der Waals surface area contributed by atoms with Gasteiger partial charge in [0.15, 0.2) is 11.8 Å². The number of nitrogens with one attached hydrogen (secondary N) is 2. The van der Waals surface area contributed by atoms with E-state index in [9.17, 15) is 0 Å². The number of hydrogen-bond acceptors (Lipinski definition) is 4. The Hall–Kier alpha value is -2.62. The van der Waals surface area contributed by atoms with Crippen molar-refractivity contribution in [2.24, 2.45) is 12.0 Å². The Morgan fingerprint density at radius 1 is 1.03 bits per heavy atom. The molecular weight excluding hydrogens is 527 g/mol. The van der Waals surface area contributed by atoms with Crippen molar-refractivity contribution in [3.8, 4) is 5.75 Å². The van der Waals surface area contributed by atoms with Gasteiger partial charge in [0.25, 0.3) is 0 Å². The van der Waals surface area contributed by atoms with E-state index in [1.807, 2.05) is 36.7 Å². The average Bonchev–Trinajstić information content (AvgIpc) is 3.15. The summed E-state index contributed by atoms with van der Waals surface area (Å²) in [6, 6.07) is 18.8. The molecule has 3 rings (SSSR count). The number of methoxy groups -OCH3 is 1. The van der Waals surface area contributed by atoms with E-state index < -0.39 is 0 Å². The molecule has 2 unspecified atom stereocenters. The number of guanidine groups is 1. The SMILES string of the molecule is COc1ccc(C(C)CCNC(=NCc2nnc(C)n2C)NC(C)c2ccccc2)cc1.I. The Labute approximate surface area is 214 Å². The van der Waals surface area contributed by atoms with Crippen molar-refractivity contribution < 1.29 is 4.74 Å². The summed E-state index contributed by atoms with van der Waals surface area (Å²) in [5.41, 5.74) is 2.51. The van der Waals surface area contributed by atoms with E-state index in [-0.39, 0.29) is 30.0 Å². The predicted octanol–water partition coefficient (Wildman–Crippen LogP) is 4.74. The van der Waals surface area contributed by atoms with Gasteiger partial charge in [0.2, 0.25) is 0 Å². The van der Waals surface area contributed by atoms with Crippen LogP contribution >= 0.6 is 24.0 Å². The number of rotatable bonds is 9. The largest absolute Gasteiger partial charge is 0.497 e. The standard InChI is InChI=1S/C25H34N6O.HI/c1-18(21-11-13-23(32-5)14-12-21)15-16-26-25(27-17-24-30-29-20(3)31(24)4)28-19(2)22-9-7-6-8-10-22;/h6-14,18-19H,15-17H2,1-5H3,(H2,26,27,28);1H. The molecule has 8 heteroatoms. The highest BCUT2D eigenvalue weighted by Crippen LogP contribution is 2.21. The lowest BCUT2D eigenvalue weighted by atomic mass is 9.98. The van der Waals surface area contributed by atoms with E-state index in [2.05, 4.69) is 71.1 Å². The summed E-state index contributed by atoms with van der Waals surface area (Å²) in [6.45, 7) is 7.58. The van der Waals surface area contributed by atoms with Crippen LogP contribution in [0.2, 0.25) is 0 Å². The normalized spacial score (nSPS) is 13.1. The van der Waals surface area contributed by atoms with Gasteiger partial charge >= 0.3 is 0 Å². The van der Waals surface area contributed by atoms with E-state index in [0.717, 1.165) is 36.3 Å². The second kappa shape index (κ2) is 13.2. The number of aliphatic imine (C=N–C) groups is 1. The lowest BCUT2D eigenvalue weighted by Gasteiger charge is -2.20. The number of ether oxygens (including phenoxy) is 1. The summed E-state index contributed by atoms with van der Waals surface area (Å²) in [5.74, 6) is 3.78. The first-order valence-corrected chi connectivity index (χ1v) is 11.1. The molecule has 33 heavy (non-hydrogen) atoms. The molecule has 0 fully saturated rings. The Bertz CT molecular complexity index is 1000. The van der Waals surface area contributed by atoms with Gasteiger partial charge in [0.1, 0.15) is 18.1 Å². The Morgan fingerprint density at radius 3 is 2.33 bits per heavy atom. The average molecular weight is 563 g/mol. The molecule has 0 radical (unpaired) electrons. The van der Waals surface area contributed by atoms with Crippen molar-refractivity contribution >= 4 is 29.9 Å². The molecule has 1 aromatic heterocycles. The molecule has 3 aromatic rings. The van der Waals surface area contributed by atoms with Crippen LogP contribution in [0, 0.1) is 6.92 Å². The number of hydrogen-bond donors (Lipinski definition) is 2. The first-order valence-electron chi connectivity index (χ1n) is 11.1. The summed E-state index contributed by atoms with van der Waals surface area (Å²) in [7, 11) is 3.65. The lowest BCUT2D eigenvalue weighted by molar-refractivity contribution is 0.414. The van der Waals surface area contributed by atoms with Crippen LogP contribution < -0.4 is 15.4 Å². The molecule has 0 spiro atoms. The van der Waals surface area contributed by atoms with Crippen LogP contribution in [-0.2, 0) is 13.6 Å². The molecule has 1 heterocycles. The predicted molar refractivity (Wildman–Crippen MR) is 144 cm³/mol. The van der Waals surface area contributed by atoms with Gasteiger partial charge in [0.05, 0.1) is 13.2 Å². The van der Waals surface area contributed by atoms with Gasteiger partial charge in [-0.15, -0.1) is 34.2 Å². The van der Waals surface area contributed by atoms with Crippen LogP contribution in [0.15, 0.2) is 59.6 Å². The quantitative estimate of drug-likeness (QED) is 0.224. The molecule has 0 aliphatic heterocycles. The van der Waals surface area contributed by atoms with Gasteiger partial charge in [-0.1, -0.05) is 49.4 Å². The van der Waals surface area contributed by atoms with Crippen molar-refractivity contribution in [3.05, 3.63) is 77.4 Å². The van der Waals surface area contributed by atoms with Crippen molar-refractivity contribution in [2.75, 3.05) is 13.7 Å². The number of aromatic nitrogens is 3. The summed E-state index contributed by atoms with van der Waals surface area (Å²) >= 11 is 0. The first kappa shape index (κ1) is 26.6. The van der Waals surface area contributed by atoms with Gasteiger partial charge < -0.3 is 19.9 Å². The molecule has 2 aromatic carbocycles. The highest BCUT2D eigenvalue weighted by atomic mass is 127. The molecule has 0 aliphatic rings. The smallest absolute Gasteiger partial charge is 0.192 e. The number of nitrogens with zero attached hydrogens (tertiary/aromatic N) is 4. The minimum atomic E-state index is 0. The fourth-order valence-electron chi connectivity index (χ4n) is 3.43. The van der Waals surface area contributed by atoms with Crippen LogP contribution in [0.25, 0.3) is 0 Å². The Kier molecular flexibility index (Phi) is 10.6. The first-order chi connectivity index (χ1) is 15.5. The fraction of sp³-hybridized carbons (Fsp3) is 0.400. The third kappa shape index (κ3) is 7.73. The number of benzene rings is 2. The highest BCUT2D eigenvalue weighted by molar-refractivity contribution is 14.0. The second-order valence-electron chi connectivity index (χ2n) is 8.05. The molecule has 0 amide bonds. The molecule has 2 atom stereocenters. The monoisotopic (exact) mass is 562 g/mol. The second-order valence-corrected chi connectivity index (χ2v) is 8.05. The van der Waals surface area contributed by atoms with E-state index >= 15 is 0 Å². The van der Waals surface area contributed by atoms with E-state index in [1.165, 1.54) is 11.1 Å². The third-order valence-electron chi connectivity index (χ3n) is 5.77. The molecule has 178 valence electrons. The van der Waals surface area contributed by atoms with Gasteiger partial charge in [-0.3, -0.25) is 0 Å². The topological polar surface area (TPSA) is 76.4 Å². The molecule has 0 bridgehead atoms. The van der Waals surface area contributed by atoms with Crippen LogP contribution in [0.5, 0.6) is 5.75 Å². The Morgan fingerprint density at radius 2 is 1.73 bits per heavy atom. The zero-order valence-electron chi connectivity index (χ0n) is 20.1. The fourth-order valence-corrected chi connectivity index (χ4v) is 3.43. The maximum absolute atomic E-state index is 5.26. The lowest BCUT2D eigenvalue weighted by Crippen LogP contribution is -2.39. The van der Waals surface area contributed by atoms with Gasteiger partial charge in [0, 0.05) is 13.6 Å². The van der Waals surface area contributed by atoms with E-state index in [4.69, 9.17) is 9.73 Å². The highest BCUT2D eigenvalue weighted by Gasteiger charge is 2.11. The molecular formula is C25H35IN6O. The molecule has 0 saturated carbocycles. The van der Waals surface area contributed by atoms with Crippen LogP contribution in [0.4, 0.5) is 0 Å². The van der Waals surface area contributed by atoms with E-state index in [0.29, 0.717) is 12.5 Å². The zero-order valence-corrected chi connectivity index (χ0v) is 22.4. The minimum absolute atomic E-state index is 0. The maximum Gasteiger partial charge on any atom is 0.192 e. The van der Waals surface area contributed by atoms with Crippen molar-refractivity contribution in [3.63, 3.8) is 0 Å². The summed E-state index contributed by atoms with van der Waals surface area (Å²) in [5, 5.41) is 15.4. The van der Waals surface area contributed by atoms with Crippen molar-refractivity contribution in [1.82, 2.24) is 25.4 Å². The molecule has 2 N–H and O–H groups in total. The van der Waals surface area contributed by atoms with Crippen LogP contribution in [0.3, 0.4) is 0 Å². The molecule has 0 saturated heterocycles. The number of halogens is 1. The van der Waals surface area contributed by atoms with Crippen molar-refractivity contribution in [2.45, 2.75) is 45.7 Å². The van der Waals surface area contributed by atoms with Gasteiger partial charge in [-0.05, 0) is 49.4 Å². The van der Waals surface area contributed by atoms with Crippen LogP contribution in [0.1, 0.15) is 55.0 Å². The van der Waals surface area contributed by atoms with Gasteiger partial charge in [-0.2, -0.15) is 0 Å². The third-order valence-corrected chi connectivity index (χ3v) is 5.77. The zero-order chi connectivity index (χ0) is 22.9. The Balaban J connectivity index is 0.00000385. The van der Waals surface area contributed by atoms with Crippen LogP contribution in [-0.4, -0.2) is 34.4 Å². The van der Waals surface area contributed by atoms with Crippen molar-refractivity contribution in [1.29, 1.82) is 0 Å². The summed E-state index contributed by atoms with van der Waals surface area (Å²) < 4.78 is 7.23. The molecule has 0 aliphatic carbocycles. The van der Waals surface area contributed by atoms with E-state index in [1.54, 1.807) is 7.11 Å². The number of aryl methyl sites for hydroxylation is 1.